The summed E-state index contributed by atoms with van der Waals surface area (Å²) < 4.78 is 2.39. The average molecular weight is 273 g/mol. The summed E-state index contributed by atoms with van der Waals surface area (Å²) in [6.07, 6.45) is 0. The van der Waals surface area contributed by atoms with Crippen molar-refractivity contribution < 1.29 is 19.7 Å². The number of nitro groups is 2. The third kappa shape index (κ3) is 3.68. The van der Waals surface area contributed by atoms with Crippen molar-refractivity contribution in [2.24, 2.45) is 0 Å². The van der Waals surface area contributed by atoms with E-state index in [1.165, 1.54) is 6.07 Å². The number of nitro benzene ring substituents is 2. The molecule has 0 aliphatic rings. The van der Waals surface area contributed by atoms with E-state index in [-0.39, 0.29) is 4.90 Å². The number of rotatable bonds is 6. The molecule has 1 rings (SSSR count). The Kier molecular flexibility index (Phi) is 4.57. The topological polar surface area (TPSA) is 136 Å². The molecule has 1 aromatic rings. The number of carbonyl (C=O) groups is 1. The fraction of sp³-hybridized carbons (Fsp3) is 0.125. The molecule has 10 heteroatoms. The fourth-order valence-electron chi connectivity index (χ4n) is 1.02. The maximum absolute atomic E-state index is 10.7. The summed E-state index contributed by atoms with van der Waals surface area (Å²) in [6, 6.07) is 3.12. The van der Waals surface area contributed by atoms with Crippen molar-refractivity contribution in [1.29, 1.82) is 0 Å². The second kappa shape index (κ2) is 5.93. The molecule has 0 atom stereocenters. The zero-order valence-electron chi connectivity index (χ0n) is 8.73. The number of hydrogen-bond donors (Lipinski definition) is 2. The summed E-state index contributed by atoms with van der Waals surface area (Å²) in [4.78, 5) is 30.0. The molecule has 0 saturated heterocycles. The Morgan fingerprint density at radius 3 is 2.50 bits per heavy atom. The van der Waals surface area contributed by atoms with Gasteiger partial charge in [-0.1, -0.05) is 0 Å². The first-order valence-corrected chi connectivity index (χ1v) is 5.28. The number of nitrogens with one attached hydrogen (secondary N) is 1. The highest BCUT2D eigenvalue weighted by molar-refractivity contribution is 7.97. The van der Waals surface area contributed by atoms with E-state index in [9.17, 15) is 25.0 Å². The Morgan fingerprint density at radius 1 is 1.33 bits per heavy atom. The molecule has 2 N–H and O–H groups in total. The van der Waals surface area contributed by atoms with E-state index < -0.39 is 33.7 Å². The molecule has 1 aromatic carbocycles. The summed E-state index contributed by atoms with van der Waals surface area (Å²) in [5.41, 5.74) is -0.851. The van der Waals surface area contributed by atoms with Crippen molar-refractivity contribution >= 4 is 29.3 Å². The molecule has 0 fully saturated rings. The number of benzene rings is 1. The molecule has 0 spiro atoms. The number of hydrogen-bond acceptors (Lipinski definition) is 7. The molecule has 0 saturated carbocycles. The van der Waals surface area contributed by atoms with Crippen LogP contribution in [0.25, 0.3) is 0 Å². The van der Waals surface area contributed by atoms with Crippen LogP contribution in [0.2, 0.25) is 0 Å². The normalized spacial score (nSPS) is 10.0. The predicted molar refractivity (Wildman–Crippen MR) is 61.2 cm³/mol. The van der Waals surface area contributed by atoms with Gasteiger partial charge in [-0.2, -0.15) is 0 Å². The van der Waals surface area contributed by atoms with Gasteiger partial charge in [0.25, 0.3) is 11.4 Å². The average Bonchev–Trinajstić information content (AvgIpc) is 2.28. The van der Waals surface area contributed by atoms with Crippen LogP contribution < -0.4 is 4.72 Å². The molecular formula is C8H7N3O6S. The van der Waals surface area contributed by atoms with Crippen LogP contribution in [0.15, 0.2) is 23.1 Å². The van der Waals surface area contributed by atoms with Crippen LogP contribution >= 0.6 is 11.9 Å². The molecule has 0 unspecified atom stereocenters. The summed E-state index contributed by atoms with van der Waals surface area (Å²) in [7, 11) is 0. The van der Waals surface area contributed by atoms with Gasteiger partial charge in [-0.15, -0.1) is 0 Å². The maximum atomic E-state index is 10.7. The van der Waals surface area contributed by atoms with E-state index >= 15 is 0 Å². The van der Waals surface area contributed by atoms with Crippen molar-refractivity contribution in [2.45, 2.75) is 4.90 Å². The minimum atomic E-state index is -1.12. The van der Waals surface area contributed by atoms with E-state index in [4.69, 9.17) is 5.11 Å². The van der Waals surface area contributed by atoms with Crippen LogP contribution in [0.3, 0.4) is 0 Å². The minimum Gasteiger partial charge on any atom is -0.480 e. The third-order valence-electron chi connectivity index (χ3n) is 1.76. The highest BCUT2D eigenvalue weighted by atomic mass is 32.2. The van der Waals surface area contributed by atoms with Gasteiger partial charge in [0.2, 0.25) is 0 Å². The first kappa shape index (κ1) is 13.9. The molecule has 9 nitrogen and oxygen atoms in total. The SMILES string of the molecule is O=C(O)CNSc1ccc([N+](=O)[O-])cc1[N+](=O)[O-]. The van der Waals surface area contributed by atoms with Crippen molar-refractivity contribution in [3.63, 3.8) is 0 Å². The minimum absolute atomic E-state index is 0.104. The zero-order chi connectivity index (χ0) is 13.7. The molecule has 0 radical (unpaired) electrons. The van der Waals surface area contributed by atoms with E-state index in [0.29, 0.717) is 0 Å². The van der Waals surface area contributed by atoms with E-state index in [1.807, 2.05) is 0 Å². The van der Waals surface area contributed by atoms with Gasteiger partial charge in [-0.25, -0.2) is 4.72 Å². The highest BCUT2D eigenvalue weighted by Crippen LogP contribution is 2.30. The Hall–Kier alpha value is -2.20. The van der Waals surface area contributed by atoms with Gasteiger partial charge in [-0.05, 0) is 18.0 Å². The molecule has 0 amide bonds. The summed E-state index contributed by atoms with van der Waals surface area (Å²) in [5.74, 6) is -1.12. The third-order valence-corrected chi connectivity index (χ3v) is 2.61. The zero-order valence-corrected chi connectivity index (χ0v) is 9.55. The standard InChI is InChI=1S/C8H7N3O6S/c12-8(13)4-9-18-7-2-1-5(10(14)15)3-6(7)11(16)17/h1-3,9H,4H2,(H,12,13). The molecule has 96 valence electrons. The van der Waals surface area contributed by atoms with Crippen LogP contribution in [-0.4, -0.2) is 27.5 Å². The lowest BCUT2D eigenvalue weighted by Crippen LogP contribution is -2.15. The van der Waals surface area contributed by atoms with Gasteiger partial charge in [0.15, 0.2) is 0 Å². The Morgan fingerprint density at radius 2 is 2.00 bits per heavy atom. The molecule has 0 heterocycles. The molecule has 0 aromatic heterocycles. The van der Waals surface area contributed by atoms with Gasteiger partial charge >= 0.3 is 5.97 Å². The molecule has 0 aliphatic heterocycles. The molecule has 18 heavy (non-hydrogen) atoms. The van der Waals surface area contributed by atoms with Gasteiger partial charge < -0.3 is 5.11 Å². The van der Waals surface area contributed by atoms with Crippen molar-refractivity contribution in [2.75, 3.05) is 6.54 Å². The number of non-ortho nitro benzene ring substituents is 1. The Bertz CT molecular complexity index is 506. The quantitative estimate of drug-likeness (QED) is 0.448. The van der Waals surface area contributed by atoms with Crippen LogP contribution in [0.5, 0.6) is 0 Å². The second-order valence-electron chi connectivity index (χ2n) is 2.98. The van der Waals surface area contributed by atoms with Crippen molar-refractivity contribution in [3.05, 3.63) is 38.4 Å². The maximum Gasteiger partial charge on any atom is 0.318 e. The largest absolute Gasteiger partial charge is 0.480 e. The molecule has 0 aliphatic carbocycles. The summed E-state index contributed by atoms with van der Waals surface area (Å²) in [5, 5.41) is 29.6. The van der Waals surface area contributed by atoms with E-state index in [2.05, 4.69) is 4.72 Å². The first-order valence-electron chi connectivity index (χ1n) is 4.46. The van der Waals surface area contributed by atoms with Crippen LogP contribution in [0.1, 0.15) is 0 Å². The van der Waals surface area contributed by atoms with Gasteiger partial charge in [0.1, 0.15) is 11.4 Å². The van der Waals surface area contributed by atoms with Crippen molar-refractivity contribution in [3.8, 4) is 0 Å². The summed E-state index contributed by atoms with van der Waals surface area (Å²) in [6.45, 7) is -0.390. The highest BCUT2D eigenvalue weighted by Gasteiger charge is 2.19. The first-order chi connectivity index (χ1) is 8.41. The summed E-state index contributed by atoms with van der Waals surface area (Å²) >= 11 is 0.729. The number of nitrogens with zero attached hydrogens (tertiary/aromatic N) is 2. The Labute approximate surface area is 104 Å². The lowest BCUT2D eigenvalue weighted by atomic mass is 10.3. The number of carboxylic acid groups (broad SMARTS) is 1. The monoisotopic (exact) mass is 273 g/mol. The second-order valence-corrected chi connectivity index (χ2v) is 3.92. The number of aliphatic carboxylic acids is 1. The predicted octanol–water partition coefficient (Wildman–Crippen LogP) is 1.18. The number of carboxylic acids is 1. The van der Waals surface area contributed by atoms with Crippen LogP contribution in [-0.2, 0) is 4.79 Å². The molecule has 0 bridgehead atoms. The van der Waals surface area contributed by atoms with Crippen LogP contribution in [0, 0.1) is 20.2 Å². The lowest BCUT2D eigenvalue weighted by Gasteiger charge is -2.02. The smallest absolute Gasteiger partial charge is 0.318 e. The van der Waals surface area contributed by atoms with Gasteiger partial charge in [0, 0.05) is 6.07 Å². The van der Waals surface area contributed by atoms with Gasteiger partial charge in [0.05, 0.1) is 15.9 Å². The van der Waals surface area contributed by atoms with E-state index in [1.54, 1.807) is 0 Å². The Balaban J connectivity index is 2.93. The van der Waals surface area contributed by atoms with Gasteiger partial charge in [-0.3, -0.25) is 25.0 Å². The van der Waals surface area contributed by atoms with Crippen molar-refractivity contribution in [1.82, 2.24) is 4.72 Å². The molecular weight excluding hydrogens is 266 g/mol. The lowest BCUT2D eigenvalue weighted by molar-refractivity contribution is -0.396. The van der Waals surface area contributed by atoms with E-state index in [0.717, 1.165) is 24.1 Å². The fourth-order valence-corrected chi connectivity index (χ4v) is 1.75. The van der Waals surface area contributed by atoms with Crippen LogP contribution in [0.4, 0.5) is 11.4 Å².